The van der Waals surface area contributed by atoms with Gasteiger partial charge in [-0.2, -0.15) is 0 Å². The first-order valence-electron chi connectivity index (χ1n) is 8.78. The maximum atomic E-state index is 12.3. The van der Waals surface area contributed by atoms with Gasteiger partial charge in [0.25, 0.3) is 5.56 Å². The van der Waals surface area contributed by atoms with Crippen LogP contribution in [0.4, 0.5) is 0 Å². The summed E-state index contributed by atoms with van der Waals surface area (Å²) in [7, 11) is 1.58. The molecule has 0 aliphatic carbocycles. The zero-order valence-electron chi connectivity index (χ0n) is 14.9. The van der Waals surface area contributed by atoms with Crippen LogP contribution in [0.2, 0.25) is 0 Å². The fourth-order valence-corrected chi connectivity index (χ4v) is 3.00. The molecule has 7 heteroatoms. The summed E-state index contributed by atoms with van der Waals surface area (Å²) in [6.07, 6.45) is 0.399. The van der Waals surface area contributed by atoms with Gasteiger partial charge in [0.15, 0.2) is 17.8 Å². The highest BCUT2D eigenvalue weighted by molar-refractivity contribution is 5.79. The highest BCUT2D eigenvalue weighted by Crippen LogP contribution is 2.31. The number of para-hydroxylation sites is 1. The number of fused-ring (bicyclic) bond motifs is 1. The monoisotopic (exact) mass is 368 g/mol. The lowest BCUT2D eigenvalue weighted by Crippen LogP contribution is -2.13. The third kappa shape index (κ3) is 3.79. The molecule has 1 aliphatic heterocycles. The van der Waals surface area contributed by atoms with E-state index >= 15 is 0 Å². The van der Waals surface area contributed by atoms with Crippen molar-refractivity contribution < 1.29 is 18.9 Å². The van der Waals surface area contributed by atoms with Gasteiger partial charge in [0.05, 0.1) is 37.8 Å². The van der Waals surface area contributed by atoms with Crippen molar-refractivity contribution >= 4 is 10.9 Å². The third-order valence-electron chi connectivity index (χ3n) is 4.35. The Labute approximate surface area is 155 Å². The number of methoxy groups -OCH3 is 1. The van der Waals surface area contributed by atoms with Crippen molar-refractivity contribution in [2.75, 3.05) is 26.9 Å². The first kappa shape index (κ1) is 17.5. The van der Waals surface area contributed by atoms with Gasteiger partial charge in [-0.1, -0.05) is 12.1 Å². The Morgan fingerprint density at radius 3 is 2.78 bits per heavy atom. The first-order chi connectivity index (χ1) is 13.2. The average molecular weight is 368 g/mol. The number of benzene rings is 2. The van der Waals surface area contributed by atoms with Crippen LogP contribution in [0.3, 0.4) is 0 Å². The molecule has 0 spiro atoms. The van der Waals surface area contributed by atoms with Crippen molar-refractivity contribution in [3.05, 3.63) is 52.8 Å². The first-order valence-corrected chi connectivity index (χ1v) is 8.78. The van der Waals surface area contributed by atoms with E-state index in [0.29, 0.717) is 54.5 Å². The molecule has 0 amide bonds. The van der Waals surface area contributed by atoms with Crippen molar-refractivity contribution in [3.63, 3.8) is 0 Å². The Balaban J connectivity index is 1.60. The molecule has 2 aromatic carbocycles. The molecule has 1 fully saturated rings. The highest BCUT2D eigenvalue weighted by atomic mass is 16.7. The van der Waals surface area contributed by atoms with Crippen LogP contribution in [0.5, 0.6) is 11.5 Å². The summed E-state index contributed by atoms with van der Waals surface area (Å²) in [6.45, 7) is 1.65. The third-order valence-corrected chi connectivity index (χ3v) is 4.35. The summed E-state index contributed by atoms with van der Waals surface area (Å²) in [4.78, 5) is 19.7. The lowest BCUT2D eigenvalue weighted by molar-refractivity contribution is -0.0532. The summed E-state index contributed by atoms with van der Waals surface area (Å²) in [5.74, 6) is 1.66. The predicted octanol–water partition coefficient (Wildman–Crippen LogP) is 2.74. The maximum absolute atomic E-state index is 12.3. The molecule has 1 aromatic heterocycles. The molecule has 0 radical (unpaired) electrons. The van der Waals surface area contributed by atoms with Crippen LogP contribution >= 0.6 is 0 Å². The normalized spacial score (nSPS) is 14.6. The van der Waals surface area contributed by atoms with E-state index in [0.717, 1.165) is 5.56 Å². The molecule has 140 valence electrons. The topological polar surface area (TPSA) is 82.7 Å². The SMILES string of the molecule is COc1ccc(-c2nc3ccccc3c(=O)[nH]2)cc1OCCC1OCCO1. The van der Waals surface area contributed by atoms with Gasteiger partial charge in [0.2, 0.25) is 0 Å². The van der Waals surface area contributed by atoms with E-state index < -0.39 is 0 Å². The van der Waals surface area contributed by atoms with Gasteiger partial charge in [-0.3, -0.25) is 4.79 Å². The molecule has 1 aliphatic rings. The zero-order chi connectivity index (χ0) is 18.6. The summed E-state index contributed by atoms with van der Waals surface area (Å²) in [5.41, 5.74) is 1.21. The minimum Gasteiger partial charge on any atom is -0.493 e. The number of hydrogen-bond donors (Lipinski definition) is 1. The summed E-state index contributed by atoms with van der Waals surface area (Å²) >= 11 is 0. The fraction of sp³-hybridized carbons (Fsp3) is 0.300. The number of aromatic nitrogens is 2. The molecule has 27 heavy (non-hydrogen) atoms. The number of ether oxygens (including phenoxy) is 4. The number of hydrogen-bond acceptors (Lipinski definition) is 6. The van der Waals surface area contributed by atoms with Gasteiger partial charge in [-0.15, -0.1) is 0 Å². The Morgan fingerprint density at radius 2 is 1.96 bits per heavy atom. The van der Waals surface area contributed by atoms with Gasteiger partial charge in [0, 0.05) is 12.0 Å². The number of H-pyrrole nitrogens is 1. The fourth-order valence-electron chi connectivity index (χ4n) is 3.00. The summed E-state index contributed by atoms with van der Waals surface area (Å²) < 4.78 is 22.1. The van der Waals surface area contributed by atoms with E-state index in [-0.39, 0.29) is 11.8 Å². The van der Waals surface area contributed by atoms with Crippen LogP contribution in [0.25, 0.3) is 22.3 Å². The van der Waals surface area contributed by atoms with E-state index in [2.05, 4.69) is 9.97 Å². The van der Waals surface area contributed by atoms with Crippen molar-refractivity contribution in [2.24, 2.45) is 0 Å². The molecular formula is C20H20N2O5. The van der Waals surface area contributed by atoms with Crippen LogP contribution in [0.15, 0.2) is 47.3 Å². The van der Waals surface area contributed by atoms with Crippen molar-refractivity contribution in [1.29, 1.82) is 0 Å². The van der Waals surface area contributed by atoms with E-state index in [1.807, 2.05) is 30.3 Å². The van der Waals surface area contributed by atoms with Crippen LogP contribution in [0.1, 0.15) is 6.42 Å². The molecule has 1 N–H and O–H groups in total. The highest BCUT2D eigenvalue weighted by Gasteiger charge is 2.16. The number of aromatic amines is 1. The lowest BCUT2D eigenvalue weighted by Gasteiger charge is -2.14. The second-order valence-corrected chi connectivity index (χ2v) is 6.11. The van der Waals surface area contributed by atoms with Crippen LogP contribution in [-0.4, -0.2) is 43.2 Å². The second kappa shape index (κ2) is 7.77. The van der Waals surface area contributed by atoms with E-state index in [1.165, 1.54) is 0 Å². The standard InChI is InChI=1S/C20H20N2O5/c1-24-16-7-6-13(12-17(16)25-9-8-18-26-10-11-27-18)19-21-15-5-3-2-4-14(15)20(23)22-19/h2-7,12,18H,8-11H2,1H3,(H,21,22,23). The molecule has 7 nitrogen and oxygen atoms in total. The quantitative estimate of drug-likeness (QED) is 0.720. The Bertz CT molecular complexity index is 995. The van der Waals surface area contributed by atoms with E-state index in [9.17, 15) is 4.79 Å². The zero-order valence-corrected chi connectivity index (χ0v) is 14.9. The Kier molecular flexibility index (Phi) is 5.04. The number of nitrogens with zero attached hydrogens (tertiary/aromatic N) is 1. The van der Waals surface area contributed by atoms with Crippen LogP contribution in [0, 0.1) is 0 Å². The molecule has 2 heterocycles. The van der Waals surface area contributed by atoms with Gasteiger partial charge in [0.1, 0.15) is 5.82 Å². The largest absolute Gasteiger partial charge is 0.493 e. The Morgan fingerprint density at radius 1 is 1.15 bits per heavy atom. The van der Waals surface area contributed by atoms with Gasteiger partial charge >= 0.3 is 0 Å². The molecule has 0 saturated carbocycles. The van der Waals surface area contributed by atoms with E-state index in [1.54, 1.807) is 19.2 Å². The van der Waals surface area contributed by atoms with Crippen molar-refractivity contribution in [1.82, 2.24) is 9.97 Å². The average Bonchev–Trinajstić information content (AvgIpc) is 3.21. The second-order valence-electron chi connectivity index (χ2n) is 6.11. The predicted molar refractivity (Wildman–Crippen MR) is 100 cm³/mol. The molecule has 0 bridgehead atoms. The summed E-state index contributed by atoms with van der Waals surface area (Å²) in [5, 5.41) is 0.558. The van der Waals surface area contributed by atoms with Gasteiger partial charge in [-0.05, 0) is 30.3 Å². The van der Waals surface area contributed by atoms with E-state index in [4.69, 9.17) is 18.9 Å². The maximum Gasteiger partial charge on any atom is 0.259 e. The van der Waals surface area contributed by atoms with Crippen molar-refractivity contribution in [3.8, 4) is 22.9 Å². The van der Waals surface area contributed by atoms with Gasteiger partial charge in [-0.25, -0.2) is 4.98 Å². The van der Waals surface area contributed by atoms with Crippen LogP contribution < -0.4 is 15.0 Å². The number of nitrogens with one attached hydrogen (secondary N) is 1. The molecule has 0 unspecified atom stereocenters. The molecule has 3 aromatic rings. The Hall–Kier alpha value is -2.90. The number of rotatable bonds is 6. The molecule has 4 rings (SSSR count). The molecule has 1 saturated heterocycles. The van der Waals surface area contributed by atoms with Gasteiger partial charge < -0.3 is 23.9 Å². The molecule has 0 atom stereocenters. The smallest absolute Gasteiger partial charge is 0.259 e. The van der Waals surface area contributed by atoms with Crippen molar-refractivity contribution in [2.45, 2.75) is 12.7 Å². The lowest BCUT2D eigenvalue weighted by atomic mass is 10.1. The molecular weight excluding hydrogens is 348 g/mol. The minimum atomic E-state index is -0.224. The van der Waals surface area contributed by atoms with Crippen LogP contribution in [-0.2, 0) is 9.47 Å². The summed E-state index contributed by atoms with van der Waals surface area (Å²) in [6, 6.07) is 12.7. The minimum absolute atomic E-state index is 0.176.